The number of benzene rings is 3. The zero-order valence-electron chi connectivity index (χ0n) is 20.4. The number of rotatable bonds is 7. The van der Waals surface area contributed by atoms with E-state index in [1.165, 1.54) is 18.4 Å². The number of hydrogen-bond acceptors (Lipinski definition) is 2. The first-order chi connectivity index (χ1) is 17.1. The fraction of sp³-hybridized carbons (Fsp3) is 0.367. The second-order valence-corrected chi connectivity index (χ2v) is 10.7. The van der Waals surface area contributed by atoms with Crippen molar-refractivity contribution in [2.24, 2.45) is 0 Å². The third kappa shape index (κ3) is 5.60. The molecule has 0 aliphatic carbocycles. The van der Waals surface area contributed by atoms with E-state index in [4.69, 9.17) is 23.2 Å². The van der Waals surface area contributed by atoms with Crippen molar-refractivity contribution in [1.82, 2.24) is 9.80 Å². The monoisotopic (exact) mass is 542 g/mol. The molecule has 2 unspecified atom stereocenters. The van der Waals surface area contributed by atoms with Gasteiger partial charge in [0.15, 0.2) is 0 Å². The summed E-state index contributed by atoms with van der Waals surface area (Å²) in [7, 11) is 0. The second-order valence-electron chi connectivity index (χ2n) is 9.91. The first-order valence-corrected chi connectivity index (χ1v) is 13.4. The van der Waals surface area contributed by atoms with Crippen molar-refractivity contribution in [3.63, 3.8) is 0 Å². The van der Waals surface area contributed by atoms with Crippen LogP contribution in [0, 0.1) is 0 Å². The molecule has 6 heteroatoms. The van der Waals surface area contributed by atoms with Crippen LogP contribution in [0.2, 0.25) is 10.0 Å². The van der Waals surface area contributed by atoms with Crippen LogP contribution in [-0.2, 0) is 16.6 Å². The summed E-state index contributed by atoms with van der Waals surface area (Å²) >= 11 is 12.8. The molecule has 0 radical (unpaired) electrons. The molecule has 0 bridgehead atoms. The molecule has 2 aliphatic heterocycles. The average Bonchev–Trinajstić information content (AvgIpc) is 3.40. The number of carbonyl (C=O) groups excluding carboxylic acids is 1. The predicted octanol–water partition coefficient (Wildman–Crippen LogP) is 7.36. The van der Waals surface area contributed by atoms with Crippen LogP contribution < -0.4 is 0 Å². The van der Waals surface area contributed by atoms with E-state index in [9.17, 15) is 4.79 Å². The van der Waals surface area contributed by atoms with Crippen molar-refractivity contribution in [2.45, 2.75) is 43.6 Å². The van der Waals surface area contributed by atoms with Gasteiger partial charge in [-0.2, -0.15) is 0 Å². The summed E-state index contributed by atoms with van der Waals surface area (Å²) in [6.07, 6.45) is 4.85. The Balaban J connectivity index is 0.00000304. The molecule has 3 aromatic carbocycles. The lowest BCUT2D eigenvalue weighted by Gasteiger charge is -2.46. The van der Waals surface area contributed by atoms with E-state index in [0.717, 1.165) is 50.1 Å². The van der Waals surface area contributed by atoms with Gasteiger partial charge in [-0.25, -0.2) is 0 Å². The van der Waals surface area contributed by atoms with Gasteiger partial charge >= 0.3 is 0 Å². The van der Waals surface area contributed by atoms with E-state index >= 15 is 0 Å². The van der Waals surface area contributed by atoms with Crippen LogP contribution in [0.3, 0.4) is 0 Å². The highest BCUT2D eigenvalue weighted by atomic mass is 35.5. The Labute approximate surface area is 230 Å². The molecule has 0 N–H and O–H groups in total. The van der Waals surface area contributed by atoms with E-state index in [1.54, 1.807) is 0 Å². The van der Waals surface area contributed by atoms with Crippen LogP contribution >= 0.6 is 35.6 Å². The Bertz CT molecular complexity index is 1150. The van der Waals surface area contributed by atoms with Gasteiger partial charge in [-0.1, -0.05) is 89.9 Å². The SMILES string of the molecule is Cl.O=C1N(C(CN2CCCC2)c2ccccc2)CCCC1(Cc1ccccc1)c1ccc(Cl)c(Cl)c1. The third-order valence-electron chi connectivity index (χ3n) is 7.68. The molecule has 0 spiro atoms. The van der Waals surface area contributed by atoms with E-state index < -0.39 is 5.41 Å². The normalized spacial score (nSPS) is 21.3. The van der Waals surface area contributed by atoms with Gasteiger partial charge in [0.1, 0.15) is 0 Å². The molecule has 0 saturated carbocycles. The topological polar surface area (TPSA) is 23.6 Å². The molecule has 2 heterocycles. The maximum absolute atomic E-state index is 14.7. The Morgan fingerprint density at radius 3 is 2.14 bits per heavy atom. The minimum absolute atomic E-state index is 0. The van der Waals surface area contributed by atoms with Gasteiger partial charge in [0.25, 0.3) is 0 Å². The fourth-order valence-corrected chi connectivity index (χ4v) is 6.17. The van der Waals surface area contributed by atoms with Crippen molar-refractivity contribution >= 4 is 41.5 Å². The van der Waals surface area contributed by atoms with Crippen molar-refractivity contribution in [2.75, 3.05) is 26.2 Å². The van der Waals surface area contributed by atoms with Crippen molar-refractivity contribution in [1.29, 1.82) is 0 Å². The number of piperidine rings is 1. The quantitative estimate of drug-likeness (QED) is 0.311. The summed E-state index contributed by atoms with van der Waals surface area (Å²) in [4.78, 5) is 19.3. The summed E-state index contributed by atoms with van der Waals surface area (Å²) in [5.41, 5.74) is 2.65. The number of likely N-dealkylation sites (tertiary alicyclic amines) is 2. The molecule has 2 saturated heterocycles. The summed E-state index contributed by atoms with van der Waals surface area (Å²) in [5, 5.41) is 1.01. The van der Waals surface area contributed by atoms with Crippen LogP contribution in [0.25, 0.3) is 0 Å². The van der Waals surface area contributed by atoms with E-state index in [-0.39, 0.29) is 24.4 Å². The Kier molecular flexibility index (Phi) is 9.00. The number of hydrogen-bond donors (Lipinski definition) is 0. The zero-order valence-corrected chi connectivity index (χ0v) is 22.7. The largest absolute Gasteiger partial charge is 0.334 e. The number of carbonyl (C=O) groups is 1. The molecular weight excluding hydrogens is 511 g/mol. The maximum Gasteiger partial charge on any atom is 0.234 e. The molecule has 2 fully saturated rings. The van der Waals surface area contributed by atoms with Crippen LogP contribution in [-0.4, -0.2) is 41.9 Å². The van der Waals surface area contributed by atoms with Crippen LogP contribution in [0.4, 0.5) is 0 Å². The molecule has 36 heavy (non-hydrogen) atoms. The van der Waals surface area contributed by atoms with Crippen LogP contribution in [0.15, 0.2) is 78.9 Å². The molecule has 5 rings (SSSR count). The molecule has 1 amide bonds. The van der Waals surface area contributed by atoms with Gasteiger partial charge in [-0.3, -0.25) is 4.79 Å². The van der Waals surface area contributed by atoms with Gasteiger partial charge in [0, 0.05) is 13.1 Å². The first-order valence-electron chi connectivity index (χ1n) is 12.6. The lowest BCUT2D eigenvalue weighted by molar-refractivity contribution is -0.144. The van der Waals surface area contributed by atoms with Gasteiger partial charge < -0.3 is 9.80 Å². The summed E-state index contributed by atoms with van der Waals surface area (Å²) < 4.78 is 0. The minimum Gasteiger partial charge on any atom is -0.334 e. The lowest BCUT2D eigenvalue weighted by atomic mass is 9.69. The minimum atomic E-state index is -0.675. The van der Waals surface area contributed by atoms with E-state index in [1.807, 2.05) is 42.5 Å². The van der Waals surface area contributed by atoms with Gasteiger partial charge in [-0.05, 0) is 74.0 Å². The molecule has 2 atom stereocenters. The predicted molar refractivity (Wildman–Crippen MR) is 151 cm³/mol. The standard InChI is InChI=1S/C30H32Cl2N2O.ClH/c31-26-15-14-25(20-27(26)32)30(21-23-10-3-1-4-11-23)16-9-19-34(29(30)35)28(22-33-17-7-8-18-33)24-12-5-2-6-13-24;/h1-6,10-15,20,28H,7-9,16-19,21-22H2;1H. The molecule has 2 aliphatic rings. The van der Waals surface area contributed by atoms with Gasteiger partial charge in [-0.15, -0.1) is 12.4 Å². The van der Waals surface area contributed by atoms with Gasteiger partial charge in [0.2, 0.25) is 5.91 Å². The van der Waals surface area contributed by atoms with Gasteiger partial charge in [0.05, 0.1) is 21.5 Å². The number of halogens is 3. The number of amides is 1. The van der Waals surface area contributed by atoms with Crippen LogP contribution in [0.1, 0.15) is 48.4 Å². The van der Waals surface area contributed by atoms with Crippen molar-refractivity contribution in [3.05, 3.63) is 106 Å². The zero-order chi connectivity index (χ0) is 24.3. The second kappa shape index (κ2) is 12.0. The Morgan fingerprint density at radius 1 is 0.806 bits per heavy atom. The molecule has 3 nitrogen and oxygen atoms in total. The maximum atomic E-state index is 14.7. The Hall–Kier alpha value is -2.04. The van der Waals surface area contributed by atoms with Crippen molar-refractivity contribution < 1.29 is 4.79 Å². The highest BCUT2D eigenvalue weighted by Gasteiger charge is 2.47. The van der Waals surface area contributed by atoms with E-state index in [0.29, 0.717) is 16.5 Å². The molecular formula is C30H33Cl3N2O. The Morgan fingerprint density at radius 2 is 1.47 bits per heavy atom. The lowest BCUT2D eigenvalue weighted by Crippen LogP contribution is -2.55. The number of nitrogens with zero attached hydrogens (tertiary/aromatic N) is 2. The summed E-state index contributed by atoms with van der Waals surface area (Å²) in [6, 6.07) is 26.6. The highest BCUT2D eigenvalue weighted by Crippen LogP contribution is 2.43. The average molecular weight is 544 g/mol. The molecule has 190 valence electrons. The molecule has 0 aromatic heterocycles. The highest BCUT2D eigenvalue weighted by molar-refractivity contribution is 6.42. The summed E-state index contributed by atoms with van der Waals surface area (Å²) in [6.45, 7) is 3.85. The van der Waals surface area contributed by atoms with E-state index in [2.05, 4.69) is 46.2 Å². The molecule has 3 aromatic rings. The fourth-order valence-electron chi connectivity index (χ4n) is 5.87. The first kappa shape index (κ1) is 27.0. The van der Waals surface area contributed by atoms with Crippen LogP contribution in [0.5, 0.6) is 0 Å². The van der Waals surface area contributed by atoms with Crippen molar-refractivity contribution in [3.8, 4) is 0 Å². The third-order valence-corrected chi connectivity index (χ3v) is 8.42. The smallest absolute Gasteiger partial charge is 0.234 e. The summed E-state index contributed by atoms with van der Waals surface area (Å²) in [5.74, 6) is 0.194.